The molecule has 0 amide bonds. The van der Waals surface area contributed by atoms with Crippen LogP contribution in [0.4, 0.5) is 0 Å². The summed E-state index contributed by atoms with van der Waals surface area (Å²) < 4.78 is 0. The van der Waals surface area contributed by atoms with Crippen LogP contribution in [0.1, 0.15) is 38.2 Å². The predicted octanol–water partition coefficient (Wildman–Crippen LogP) is 6.84. The van der Waals surface area contributed by atoms with E-state index < -0.39 is 0 Å². The van der Waals surface area contributed by atoms with Crippen LogP contribution < -0.4 is 51.4 Å². The molecule has 0 atom stereocenters. The molecule has 0 bridgehead atoms. The minimum absolute atomic E-state index is 0. The van der Waals surface area contributed by atoms with E-state index in [2.05, 4.69) is 133 Å². The normalized spacial score (nSPS) is 10.8. The largest absolute Gasteiger partial charge is 1.00 e. The Kier molecular flexibility index (Phi) is 11.8. The molecule has 43 heavy (non-hydrogen) atoms. The molecule has 0 heterocycles. The van der Waals surface area contributed by atoms with E-state index in [-0.39, 0.29) is 56.9 Å². The summed E-state index contributed by atoms with van der Waals surface area (Å²) in [6.45, 7) is 0. The molecule has 0 spiro atoms. The van der Waals surface area contributed by atoms with Gasteiger partial charge in [0.1, 0.15) is 6.29 Å². The van der Waals surface area contributed by atoms with Crippen LogP contribution in [0.3, 0.4) is 0 Å². The second kappa shape index (κ2) is 15.7. The molecular weight excluding hydrogens is 552 g/mol. The number of benzene rings is 6. The van der Waals surface area contributed by atoms with Gasteiger partial charge in [-0.3, -0.25) is 4.79 Å². The fourth-order valence-corrected chi connectivity index (χ4v) is 5.53. The minimum Gasteiger partial charge on any atom is -0.870 e. The van der Waals surface area contributed by atoms with Crippen molar-refractivity contribution in [1.82, 2.24) is 0 Å². The Morgan fingerprint density at radius 2 is 0.744 bits per heavy atom. The van der Waals surface area contributed by atoms with Crippen molar-refractivity contribution >= 4 is 17.9 Å². The molecule has 0 radical (unpaired) electrons. The maximum Gasteiger partial charge on any atom is 1.00 e. The molecule has 0 saturated carbocycles. The van der Waals surface area contributed by atoms with Gasteiger partial charge in [0.25, 0.3) is 0 Å². The third kappa shape index (κ3) is 7.46. The number of hydrogen-bond acceptors (Lipinski definition) is 2. The number of fused-ring (bicyclic) bond motifs is 6. The average Bonchev–Trinajstić information content (AvgIpc) is 3.59. The summed E-state index contributed by atoms with van der Waals surface area (Å²) in [7, 11) is 0. The molecular formula is C40H31KO2. The van der Waals surface area contributed by atoms with E-state index in [1.165, 1.54) is 55.6 Å². The fourth-order valence-electron chi connectivity index (χ4n) is 5.53. The van der Waals surface area contributed by atoms with Crippen LogP contribution in [0, 0.1) is 0 Å². The van der Waals surface area contributed by atoms with Gasteiger partial charge in [-0.25, -0.2) is 0 Å². The first-order valence-corrected chi connectivity index (χ1v) is 13.9. The van der Waals surface area contributed by atoms with E-state index in [1.807, 2.05) is 18.2 Å². The van der Waals surface area contributed by atoms with Crippen LogP contribution in [-0.4, -0.2) is 11.8 Å². The van der Waals surface area contributed by atoms with Crippen LogP contribution in [0.2, 0.25) is 0 Å². The predicted molar refractivity (Wildman–Crippen MR) is 174 cm³/mol. The van der Waals surface area contributed by atoms with E-state index in [1.54, 1.807) is 12.1 Å². The van der Waals surface area contributed by atoms with Gasteiger partial charge in [-0.15, -0.1) is 0 Å². The van der Waals surface area contributed by atoms with Crippen molar-refractivity contribution < 1.29 is 61.7 Å². The van der Waals surface area contributed by atoms with Gasteiger partial charge in [0.05, 0.1) is 0 Å². The molecule has 6 aromatic rings. The van der Waals surface area contributed by atoms with Gasteiger partial charge in [-0.2, -0.15) is 0 Å². The molecule has 0 unspecified atom stereocenters. The molecule has 6 aromatic carbocycles. The third-order valence-electron chi connectivity index (χ3n) is 7.48. The van der Waals surface area contributed by atoms with Crippen LogP contribution >= 0.6 is 0 Å². The Labute approximate surface area is 296 Å². The Morgan fingerprint density at radius 3 is 1.16 bits per heavy atom. The third-order valence-corrected chi connectivity index (χ3v) is 7.48. The van der Waals surface area contributed by atoms with E-state index in [0.29, 0.717) is 0 Å². The average molecular weight is 583 g/mol. The topological polar surface area (TPSA) is 47.1 Å². The van der Waals surface area contributed by atoms with E-state index in [0.717, 1.165) is 18.3 Å². The van der Waals surface area contributed by atoms with Crippen LogP contribution in [0.25, 0.3) is 33.9 Å². The van der Waals surface area contributed by atoms with Gasteiger partial charge < -0.3 is 5.48 Å². The molecule has 2 aliphatic carbocycles. The number of carbonyl (C=O) groups is 1. The van der Waals surface area contributed by atoms with Crippen LogP contribution in [0.5, 0.6) is 0 Å². The molecule has 0 aliphatic heterocycles. The van der Waals surface area contributed by atoms with E-state index in [9.17, 15) is 4.79 Å². The van der Waals surface area contributed by atoms with Gasteiger partial charge in [-0.1, -0.05) is 158 Å². The van der Waals surface area contributed by atoms with Crippen molar-refractivity contribution in [3.8, 4) is 22.3 Å². The maximum absolute atomic E-state index is 10.0. The van der Waals surface area contributed by atoms with Gasteiger partial charge >= 0.3 is 51.4 Å². The molecule has 0 fully saturated rings. The summed E-state index contributed by atoms with van der Waals surface area (Å²) in [6.07, 6.45) is 4.22. The van der Waals surface area contributed by atoms with Crippen LogP contribution in [-0.2, 0) is 6.42 Å². The molecule has 3 heteroatoms. The monoisotopic (exact) mass is 582 g/mol. The summed E-state index contributed by atoms with van der Waals surface area (Å²) in [5.41, 5.74) is 14.4. The van der Waals surface area contributed by atoms with E-state index >= 15 is 0 Å². The molecule has 2 aliphatic rings. The Hall–Kier alpha value is -3.67. The van der Waals surface area contributed by atoms with Crippen molar-refractivity contribution in [3.05, 3.63) is 191 Å². The quantitative estimate of drug-likeness (QED) is 0.166. The van der Waals surface area contributed by atoms with Crippen molar-refractivity contribution in [2.75, 3.05) is 0 Å². The number of rotatable bonds is 2. The standard InChI is InChI=1S/C20H14.C13H10.C7H6O.K.H2O/c1-2-8-15(9-3-1)14-20-18-12-6-4-10-16(18)17-11-5-7-13-19(17)20;1-3-7-12-10(5-1)9-11-6-2-4-8-13(11)12;8-6-7-4-2-1-3-5-7;;/h1-14H;1-8H,9H2;1-6H;;1H2/q;;;+1;/p-1. The summed E-state index contributed by atoms with van der Waals surface area (Å²) >= 11 is 0. The first-order chi connectivity index (χ1) is 20.3. The first-order valence-electron chi connectivity index (χ1n) is 13.9. The van der Waals surface area contributed by atoms with Crippen molar-refractivity contribution in [2.45, 2.75) is 6.42 Å². The zero-order valence-electron chi connectivity index (χ0n) is 24.2. The molecule has 0 saturated heterocycles. The number of carbonyl (C=O) groups excluding carboxylic acids is 1. The van der Waals surface area contributed by atoms with Gasteiger partial charge in [0, 0.05) is 5.56 Å². The molecule has 8 rings (SSSR count). The summed E-state index contributed by atoms with van der Waals surface area (Å²) in [4.78, 5) is 10.0. The van der Waals surface area contributed by atoms with E-state index in [4.69, 9.17) is 0 Å². The second-order valence-corrected chi connectivity index (χ2v) is 10.1. The van der Waals surface area contributed by atoms with Gasteiger partial charge in [-0.05, 0) is 68.1 Å². The smallest absolute Gasteiger partial charge is 0.870 e. The summed E-state index contributed by atoms with van der Waals surface area (Å²) in [6, 6.07) is 54.2. The SMILES string of the molecule is C(=C1c2ccccc2-c2ccccc21)c1ccccc1.O=Cc1ccccc1.[K+].[OH-].c1ccc2c(c1)Cc1ccccc1-2. The Bertz CT molecular complexity index is 1730. The maximum atomic E-state index is 10.0. The zero-order valence-corrected chi connectivity index (χ0v) is 27.4. The van der Waals surface area contributed by atoms with Crippen molar-refractivity contribution in [1.29, 1.82) is 0 Å². The van der Waals surface area contributed by atoms with Crippen LogP contribution in [0.15, 0.2) is 158 Å². The van der Waals surface area contributed by atoms with Gasteiger partial charge in [0.2, 0.25) is 0 Å². The number of aldehydes is 1. The number of hydrogen-bond donors (Lipinski definition) is 0. The molecule has 204 valence electrons. The minimum atomic E-state index is 0. The van der Waals surface area contributed by atoms with Crippen molar-refractivity contribution in [2.24, 2.45) is 0 Å². The summed E-state index contributed by atoms with van der Waals surface area (Å²) in [5.74, 6) is 0. The van der Waals surface area contributed by atoms with Gasteiger partial charge in [0.15, 0.2) is 0 Å². The zero-order chi connectivity index (χ0) is 27.9. The molecule has 1 N–H and O–H groups in total. The Balaban J connectivity index is 0.000000159. The first kappa shape index (κ1) is 32.2. The molecule has 0 aromatic heterocycles. The Morgan fingerprint density at radius 1 is 0.395 bits per heavy atom. The van der Waals surface area contributed by atoms with Crippen molar-refractivity contribution in [3.63, 3.8) is 0 Å². The second-order valence-electron chi connectivity index (χ2n) is 10.1. The molecule has 2 nitrogen and oxygen atoms in total. The fraction of sp³-hybridized carbons (Fsp3) is 0.0250. The summed E-state index contributed by atoms with van der Waals surface area (Å²) in [5, 5.41) is 0.